The van der Waals surface area contributed by atoms with Gasteiger partial charge in [-0.15, -0.1) is 0 Å². The van der Waals surface area contributed by atoms with Crippen molar-refractivity contribution >= 4 is 0 Å². The number of aryl methyl sites for hydroxylation is 1. The van der Waals surface area contributed by atoms with Crippen LogP contribution in [0, 0.1) is 6.92 Å². The zero-order valence-corrected chi connectivity index (χ0v) is 7.51. The van der Waals surface area contributed by atoms with E-state index in [2.05, 4.69) is 16.1 Å². The fourth-order valence-electron chi connectivity index (χ4n) is 1.29. The van der Waals surface area contributed by atoms with Crippen molar-refractivity contribution in [2.45, 2.75) is 13.5 Å². The average molecular weight is 173 g/mol. The van der Waals surface area contributed by atoms with Crippen LogP contribution >= 0.6 is 0 Å². The Labute approximate surface area is 77.0 Å². The minimum absolute atomic E-state index is 0.793. The molecule has 0 bridgehead atoms. The van der Waals surface area contributed by atoms with E-state index in [0.29, 0.717) is 0 Å². The Morgan fingerprint density at radius 1 is 1.38 bits per heavy atom. The van der Waals surface area contributed by atoms with Crippen molar-refractivity contribution in [1.82, 2.24) is 14.8 Å². The van der Waals surface area contributed by atoms with E-state index < -0.39 is 0 Å². The maximum atomic E-state index is 4.13. The lowest BCUT2D eigenvalue weighted by Gasteiger charge is -2.01. The van der Waals surface area contributed by atoms with Crippen LogP contribution in [0.15, 0.2) is 36.9 Å². The number of hydrogen-bond acceptors (Lipinski definition) is 2. The standard InChI is InChI=1S/C10H11N3/c1-9-5-10(7-11-6-9)8-13-4-2-3-12-13/h2-7H,8H2,1H3. The van der Waals surface area contributed by atoms with Crippen molar-refractivity contribution in [1.29, 1.82) is 0 Å². The molecule has 3 nitrogen and oxygen atoms in total. The van der Waals surface area contributed by atoms with Gasteiger partial charge in [0.1, 0.15) is 0 Å². The second-order valence-corrected chi connectivity index (χ2v) is 3.07. The summed E-state index contributed by atoms with van der Waals surface area (Å²) in [5, 5.41) is 4.13. The van der Waals surface area contributed by atoms with E-state index in [1.54, 1.807) is 6.20 Å². The molecule has 0 spiro atoms. The molecule has 0 amide bonds. The van der Waals surface area contributed by atoms with Crippen molar-refractivity contribution in [2.75, 3.05) is 0 Å². The highest BCUT2D eigenvalue weighted by Gasteiger charge is 1.95. The summed E-state index contributed by atoms with van der Waals surface area (Å²) in [5.41, 5.74) is 2.37. The summed E-state index contributed by atoms with van der Waals surface area (Å²) in [7, 11) is 0. The first-order valence-corrected chi connectivity index (χ1v) is 4.22. The fourth-order valence-corrected chi connectivity index (χ4v) is 1.29. The van der Waals surface area contributed by atoms with E-state index in [9.17, 15) is 0 Å². The lowest BCUT2D eigenvalue weighted by molar-refractivity contribution is 0.684. The van der Waals surface area contributed by atoms with E-state index in [-0.39, 0.29) is 0 Å². The monoisotopic (exact) mass is 173 g/mol. The van der Waals surface area contributed by atoms with Crippen LogP contribution < -0.4 is 0 Å². The summed E-state index contributed by atoms with van der Waals surface area (Å²) in [5.74, 6) is 0. The molecule has 0 aromatic carbocycles. The van der Waals surface area contributed by atoms with Gasteiger partial charge < -0.3 is 0 Å². The quantitative estimate of drug-likeness (QED) is 0.691. The molecule has 0 atom stereocenters. The van der Waals surface area contributed by atoms with Crippen molar-refractivity contribution in [3.05, 3.63) is 48.0 Å². The average Bonchev–Trinajstić information content (AvgIpc) is 2.57. The van der Waals surface area contributed by atoms with Gasteiger partial charge in [0.05, 0.1) is 6.54 Å². The van der Waals surface area contributed by atoms with Gasteiger partial charge in [0.2, 0.25) is 0 Å². The topological polar surface area (TPSA) is 30.7 Å². The highest BCUT2D eigenvalue weighted by Crippen LogP contribution is 2.02. The molecule has 0 aliphatic heterocycles. The van der Waals surface area contributed by atoms with E-state index in [0.717, 1.165) is 6.54 Å². The van der Waals surface area contributed by atoms with Gasteiger partial charge in [-0.1, -0.05) is 6.07 Å². The van der Waals surface area contributed by atoms with Crippen molar-refractivity contribution in [2.24, 2.45) is 0 Å². The van der Waals surface area contributed by atoms with Gasteiger partial charge in [-0.05, 0) is 24.1 Å². The summed E-state index contributed by atoms with van der Waals surface area (Å²) in [6.07, 6.45) is 7.45. The summed E-state index contributed by atoms with van der Waals surface area (Å²) in [6, 6.07) is 4.04. The van der Waals surface area contributed by atoms with Crippen LogP contribution in [-0.2, 0) is 6.54 Å². The molecule has 0 fully saturated rings. The van der Waals surface area contributed by atoms with Gasteiger partial charge in [-0.2, -0.15) is 5.10 Å². The Hall–Kier alpha value is -1.64. The lowest BCUT2D eigenvalue weighted by Crippen LogP contribution is -2.00. The molecule has 0 unspecified atom stereocenters. The number of rotatable bonds is 2. The van der Waals surface area contributed by atoms with E-state index >= 15 is 0 Å². The molecular formula is C10H11N3. The molecule has 0 saturated carbocycles. The van der Waals surface area contributed by atoms with Crippen molar-refractivity contribution < 1.29 is 0 Å². The zero-order chi connectivity index (χ0) is 9.10. The molecular weight excluding hydrogens is 162 g/mol. The second kappa shape index (κ2) is 3.39. The Kier molecular flexibility index (Phi) is 2.08. The molecule has 2 aromatic rings. The third kappa shape index (κ3) is 1.93. The first-order chi connectivity index (χ1) is 6.34. The molecule has 0 saturated heterocycles. The van der Waals surface area contributed by atoms with Gasteiger partial charge >= 0.3 is 0 Å². The number of pyridine rings is 1. The van der Waals surface area contributed by atoms with Crippen LogP contribution in [0.2, 0.25) is 0 Å². The van der Waals surface area contributed by atoms with E-state index in [1.165, 1.54) is 11.1 Å². The minimum atomic E-state index is 0.793. The molecule has 2 aromatic heterocycles. The summed E-state index contributed by atoms with van der Waals surface area (Å²) in [4.78, 5) is 4.12. The third-order valence-corrected chi connectivity index (χ3v) is 1.84. The second-order valence-electron chi connectivity index (χ2n) is 3.07. The summed E-state index contributed by atoms with van der Waals surface area (Å²) >= 11 is 0. The number of nitrogens with zero attached hydrogens (tertiary/aromatic N) is 3. The van der Waals surface area contributed by atoms with Crippen LogP contribution in [0.25, 0.3) is 0 Å². The predicted molar refractivity (Wildman–Crippen MR) is 50.3 cm³/mol. The molecule has 0 aliphatic rings. The first-order valence-electron chi connectivity index (χ1n) is 4.22. The molecule has 2 rings (SSSR count). The van der Waals surface area contributed by atoms with Gasteiger partial charge in [0, 0.05) is 24.8 Å². The smallest absolute Gasteiger partial charge is 0.0674 e. The maximum absolute atomic E-state index is 4.13. The van der Waals surface area contributed by atoms with Crippen molar-refractivity contribution in [3.63, 3.8) is 0 Å². The number of aromatic nitrogens is 3. The fraction of sp³-hybridized carbons (Fsp3) is 0.200. The Morgan fingerprint density at radius 3 is 3.00 bits per heavy atom. The lowest BCUT2D eigenvalue weighted by atomic mass is 10.2. The van der Waals surface area contributed by atoms with Gasteiger partial charge in [-0.3, -0.25) is 9.67 Å². The highest BCUT2D eigenvalue weighted by atomic mass is 15.3. The van der Waals surface area contributed by atoms with Crippen molar-refractivity contribution in [3.8, 4) is 0 Å². The van der Waals surface area contributed by atoms with E-state index in [4.69, 9.17) is 0 Å². The first kappa shape index (κ1) is 7.98. The van der Waals surface area contributed by atoms with Crippen LogP contribution in [-0.4, -0.2) is 14.8 Å². The zero-order valence-electron chi connectivity index (χ0n) is 7.51. The van der Waals surface area contributed by atoms with Crippen LogP contribution in [0.5, 0.6) is 0 Å². The Morgan fingerprint density at radius 2 is 2.31 bits per heavy atom. The molecule has 0 radical (unpaired) electrons. The predicted octanol–water partition coefficient (Wildman–Crippen LogP) is 1.63. The molecule has 2 heterocycles. The largest absolute Gasteiger partial charge is 0.268 e. The SMILES string of the molecule is Cc1cncc(Cn2cccn2)c1. The molecule has 13 heavy (non-hydrogen) atoms. The molecule has 66 valence electrons. The third-order valence-electron chi connectivity index (χ3n) is 1.84. The maximum Gasteiger partial charge on any atom is 0.0674 e. The van der Waals surface area contributed by atoms with Gasteiger partial charge in [0.25, 0.3) is 0 Å². The van der Waals surface area contributed by atoms with Crippen LogP contribution in [0.1, 0.15) is 11.1 Å². The van der Waals surface area contributed by atoms with E-state index in [1.807, 2.05) is 36.3 Å². The normalized spacial score (nSPS) is 10.2. The molecule has 0 N–H and O–H groups in total. The van der Waals surface area contributed by atoms with Gasteiger partial charge in [-0.25, -0.2) is 0 Å². The summed E-state index contributed by atoms with van der Waals surface area (Å²) < 4.78 is 1.89. The highest BCUT2D eigenvalue weighted by molar-refractivity contribution is 5.16. The summed E-state index contributed by atoms with van der Waals surface area (Å²) in [6.45, 7) is 2.83. The van der Waals surface area contributed by atoms with Crippen LogP contribution in [0.4, 0.5) is 0 Å². The minimum Gasteiger partial charge on any atom is -0.268 e. The molecule has 0 aliphatic carbocycles. The molecule has 3 heteroatoms. The van der Waals surface area contributed by atoms with Gasteiger partial charge in [0.15, 0.2) is 0 Å². The number of hydrogen-bond donors (Lipinski definition) is 0. The Balaban J connectivity index is 2.19. The van der Waals surface area contributed by atoms with Crippen LogP contribution in [0.3, 0.4) is 0 Å². The Bertz CT molecular complexity index is 379.